The summed E-state index contributed by atoms with van der Waals surface area (Å²) in [6.45, 7) is 10.6. The maximum Gasteiger partial charge on any atom is 0.0510 e. The van der Waals surface area contributed by atoms with Gasteiger partial charge in [-0.15, -0.1) is 0 Å². The van der Waals surface area contributed by atoms with Gasteiger partial charge in [-0.2, -0.15) is 0 Å². The Morgan fingerprint density at radius 3 is 2.67 bits per heavy atom. The van der Waals surface area contributed by atoms with Crippen LogP contribution in [-0.4, -0.2) is 43.3 Å². The molecule has 0 saturated carbocycles. The Labute approximate surface area is 94.0 Å². The molecule has 0 amide bonds. The second-order valence-electron chi connectivity index (χ2n) is 4.88. The number of nitrogens with zero attached hydrogens (tertiary/aromatic N) is 1. The summed E-state index contributed by atoms with van der Waals surface area (Å²) < 4.78 is 5.38. The number of rotatable bonds is 6. The second-order valence-corrected chi connectivity index (χ2v) is 4.88. The SMILES string of the molecule is CCCN(CC(N)C1CCOC1)C(C)C. The topological polar surface area (TPSA) is 38.5 Å². The van der Waals surface area contributed by atoms with Crippen molar-refractivity contribution in [3.8, 4) is 0 Å². The Bertz CT molecular complexity index is 167. The quantitative estimate of drug-likeness (QED) is 0.727. The Morgan fingerprint density at radius 2 is 2.20 bits per heavy atom. The van der Waals surface area contributed by atoms with Crippen LogP contribution < -0.4 is 5.73 Å². The number of hydrogen-bond donors (Lipinski definition) is 1. The first-order valence-electron chi connectivity index (χ1n) is 6.22. The van der Waals surface area contributed by atoms with Gasteiger partial charge >= 0.3 is 0 Å². The highest BCUT2D eigenvalue weighted by atomic mass is 16.5. The summed E-state index contributed by atoms with van der Waals surface area (Å²) in [4.78, 5) is 2.48. The standard InChI is InChI=1S/C12H26N2O/c1-4-6-14(10(2)3)8-12(13)11-5-7-15-9-11/h10-12H,4-9,13H2,1-3H3. The minimum Gasteiger partial charge on any atom is -0.381 e. The van der Waals surface area contributed by atoms with Gasteiger partial charge in [-0.05, 0) is 33.2 Å². The van der Waals surface area contributed by atoms with Crippen LogP contribution in [0.2, 0.25) is 0 Å². The van der Waals surface area contributed by atoms with Crippen LogP contribution in [-0.2, 0) is 4.74 Å². The largest absolute Gasteiger partial charge is 0.381 e. The molecule has 90 valence electrons. The molecule has 1 heterocycles. The molecule has 0 aromatic carbocycles. The number of hydrogen-bond acceptors (Lipinski definition) is 3. The molecule has 0 aromatic heterocycles. The first kappa shape index (κ1) is 12.9. The van der Waals surface area contributed by atoms with E-state index in [0.29, 0.717) is 12.0 Å². The van der Waals surface area contributed by atoms with E-state index in [2.05, 4.69) is 25.7 Å². The Morgan fingerprint density at radius 1 is 1.47 bits per heavy atom. The minimum absolute atomic E-state index is 0.279. The fourth-order valence-electron chi connectivity index (χ4n) is 2.16. The third-order valence-electron chi connectivity index (χ3n) is 3.26. The average Bonchev–Trinajstić information content (AvgIpc) is 2.69. The van der Waals surface area contributed by atoms with E-state index in [9.17, 15) is 0 Å². The molecule has 1 aliphatic heterocycles. The highest BCUT2D eigenvalue weighted by molar-refractivity contribution is 4.80. The van der Waals surface area contributed by atoms with E-state index < -0.39 is 0 Å². The summed E-state index contributed by atoms with van der Waals surface area (Å²) >= 11 is 0. The van der Waals surface area contributed by atoms with Crippen molar-refractivity contribution < 1.29 is 4.74 Å². The normalized spacial score (nSPS) is 24.0. The van der Waals surface area contributed by atoms with Gasteiger partial charge in [0.1, 0.15) is 0 Å². The lowest BCUT2D eigenvalue weighted by Gasteiger charge is -2.30. The third-order valence-corrected chi connectivity index (χ3v) is 3.26. The van der Waals surface area contributed by atoms with Crippen LogP contribution in [0.4, 0.5) is 0 Å². The van der Waals surface area contributed by atoms with Crippen molar-refractivity contribution in [3.05, 3.63) is 0 Å². The summed E-state index contributed by atoms with van der Waals surface area (Å²) in [6.07, 6.45) is 2.34. The van der Waals surface area contributed by atoms with Crippen LogP contribution in [0.3, 0.4) is 0 Å². The van der Waals surface area contributed by atoms with Gasteiger partial charge in [0.05, 0.1) is 6.61 Å². The van der Waals surface area contributed by atoms with E-state index >= 15 is 0 Å². The van der Waals surface area contributed by atoms with Gasteiger partial charge in [0.2, 0.25) is 0 Å². The van der Waals surface area contributed by atoms with Crippen LogP contribution in [0.1, 0.15) is 33.6 Å². The molecule has 1 aliphatic rings. The van der Waals surface area contributed by atoms with E-state index in [1.165, 1.54) is 6.42 Å². The van der Waals surface area contributed by atoms with E-state index in [4.69, 9.17) is 10.5 Å². The Hall–Kier alpha value is -0.120. The third kappa shape index (κ3) is 4.09. The molecule has 2 atom stereocenters. The van der Waals surface area contributed by atoms with E-state index in [1.807, 2.05) is 0 Å². The molecule has 3 heteroatoms. The van der Waals surface area contributed by atoms with Gasteiger partial charge in [-0.1, -0.05) is 6.92 Å². The minimum atomic E-state index is 0.279. The van der Waals surface area contributed by atoms with Crippen molar-refractivity contribution in [2.75, 3.05) is 26.3 Å². The smallest absolute Gasteiger partial charge is 0.0510 e. The summed E-state index contributed by atoms with van der Waals surface area (Å²) in [7, 11) is 0. The highest BCUT2D eigenvalue weighted by Gasteiger charge is 2.24. The summed E-state index contributed by atoms with van der Waals surface area (Å²) in [5, 5.41) is 0. The summed E-state index contributed by atoms with van der Waals surface area (Å²) in [6, 6.07) is 0.875. The molecule has 3 nitrogen and oxygen atoms in total. The lowest BCUT2D eigenvalue weighted by atomic mass is 9.99. The Kier molecular flexibility index (Phi) is 5.58. The lowest BCUT2D eigenvalue weighted by Crippen LogP contribution is -2.45. The van der Waals surface area contributed by atoms with E-state index in [0.717, 1.165) is 32.7 Å². The number of ether oxygens (including phenoxy) is 1. The molecule has 0 spiro atoms. The van der Waals surface area contributed by atoms with Gasteiger partial charge in [-0.25, -0.2) is 0 Å². The fourth-order valence-corrected chi connectivity index (χ4v) is 2.16. The lowest BCUT2D eigenvalue weighted by molar-refractivity contribution is 0.159. The Balaban J connectivity index is 2.35. The molecular weight excluding hydrogens is 188 g/mol. The van der Waals surface area contributed by atoms with Crippen LogP contribution in [0, 0.1) is 5.92 Å². The molecule has 1 fully saturated rings. The van der Waals surface area contributed by atoms with E-state index in [-0.39, 0.29) is 6.04 Å². The molecule has 0 radical (unpaired) electrons. The average molecular weight is 214 g/mol. The fraction of sp³-hybridized carbons (Fsp3) is 1.00. The zero-order valence-electron chi connectivity index (χ0n) is 10.4. The summed E-state index contributed by atoms with van der Waals surface area (Å²) in [5.74, 6) is 0.572. The number of nitrogens with two attached hydrogens (primary N) is 1. The molecule has 2 N–H and O–H groups in total. The van der Waals surface area contributed by atoms with Gasteiger partial charge in [-0.3, -0.25) is 4.90 Å². The highest BCUT2D eigenvalue weighted by Crippen LogP contribution is 2.16. The predicted octanol–water partition coefficient (Wildman–Crippen LogP) is 1.47. The van der Waals surface area contributed by atoms with Gasteiger partial charge in [0.15, 0.2) is 0 Å². The van der Waals surface area contributed by atoms with Crippen molar-refractivity contribution in [1.29, 1.82) is 0 Å². The molecule has 15 heavy (non-hydrogen) atoms. The summed E-state index contributed by atoms with van der Waals surface area (Å²) in [5.41, 5.74) is 6.23. The van der Waals surface area contributed by atoms with Crippen molar-refractivity contribution in [2.45, 2.75) is 45.7 Å². The van der Waals surface area contributed by atoms with E-state index in [1.54, 1.807) is 0 Å². The van der Waals surface area contributed by atoms with Crippen LogP contribution >= 0.6 is 0 Å². The maximum absolute atomic E-state index is 6.23. The van der Waals surface area contributed by atoms with Crippen molar-refractivity contribution in [2.24, 2.45) is 11.7 Å². The molecule has 2 unspecified atom stereocenters. The van der Waals surface area contributed by atoms with Gasteiger partial charge < -0.3 is 10.5 Å². The molecular formula is C12H26N2O. The van der Waals surface area contributed by atoms with Crippen LogP contribution in [0.5, 0.6) is 0 Å². The van der Waals surface area contributed by atoms with Crippen molar-refractivity contribution >= 4 is 0 Å². The molecule has 0 aromatic rings. The predicted molar refractivity (Wildman–Crippen MR) is 63.9 cm³/mol. The first-order valence-corrected chi connectivity index (χ1v) is 6.22. The van der Waals surface area contributed by atoms with Crippen LogP contribution in [0.15, 0.2) is 0 Å². The van der Waals surface area contributed by atoms with Crippen molar-refractivity contribution in [1.82, 2.24) is 4.90 Å². The van der Waals surface area contributed by atoms with Crippen LogP contribution in [0.25, 0.3) is 0 Å². The zero-order valence-corrected chi connectivity index (χ0v) is 10.4. The molecule has 0 aliphatic carbocycles. The van der Waals surface area contributed by atoms with Gasteiger partial charge in [0, 0.05) is 31.2 Å². The monoisotopic (exact) mass is 214 g/mol. The van der Waals surface area contributed by atoms with Crippen molar-refractivity contribution in [3.63, 3.8) is 0 Å². The molecule has 1 rings (SSSR count). The zero-order chi connectivity index (χ0) is 11.3. The maximum atomic E-state index is 6.23. The van der Waals surface area contributed by atoms with Gasteiger partial charge in [0.25, 0.3) is 0 Å². The second kappa shape index (κ2) is 6.46. The molecule has 1 saturated heterocycles. The first-order chi connectivity index (χ1) is 7.15. The molecule has 0 bridgehead atoms.